The normalized spacial score (nSPS) is 21.5. The van der Waals surface area contributed by atoms with Crippen LogP contribution in [0.15, 0.2) is 24.3 Å². The molecule has 1 N–H and O–H groups in total. The van der Waals surface area contributed by atoms with Crippen LogP contribution in [-0.4, -0.2) is 30.6 Å². The van der Waals surface area contributed by atoms with E-state index in [4.69, 9.17) is 11.6 Å². The Balaban J connectivity index is 1.87. The third kappa shape index (κ3) is 3.21. The maximum atomic E-state index is 5.98. The number of rotatable bonds is 4. The highest BCUT2D eigenvalue weighted by atomic mass is 35.5. The lowest BCUT2D eigenvalue weighted by atomic mass is 10.2. The van der Waals surface area contributed by atoms with Gasteiger partial charge >= 0.3 is 0 Å². The second-order valence-corrected chi connectivity index (χ2v) is 4.84. The minimum absolute atomic E-state index is 0.671. The van der Waals surface area contributed by atoms with Gasteiger partial charge in [-0.1, -0.05) is 30.7 Å². The molecule has 1 unspecified atom stereocenters. The molecule has 1 aliphatic heterocycles. The molecule has 2 rings (SSSR count). The lowest BCUT2D eigenvalue weighted by Crippen LogP contribution is -2.32. The number of likely N-dealkylation sites (tertiary alicyclic amines) is 1. The lowest BCUT2D eigenvalue weighted by Gasteiger charge is -2.16. The van der Waals surface area contributed by atoms with Gasteiger partial charge in [0.15, 0.2) is 0 Å². The van der Waals surface area contributed by atoms with E-state index in [1.165, 1.54) is 18.5 Å². The summed E-state index contributed by atoms with van der Waals surface area (Å²) >= 11 is 5.98. The molecule has 0 aromatic heterocycles. The van der Waals surface area contributed by atoms with Crippen molar-refractivity contribution in [2.24, 2.45) is 0 Å². The van der Waals surface area contributed by atoms with Crippen LogP contribution in [0.3, 0.4) is 0 Å². The van der Waals surface area contributed by atoms with Gasteiger partial charge in [0.1, 0.15) is 0 Å². The second-order valence-electron chi connectivity index (χ2n) is 4.41. The van der Waals surface area contributed by atoms with E-state index in [9.17, 15) is 0 Å². The Bertz CT molecular complexity index is 340. The first-order valence-corrected chi connectivity index (χ1v) is 6.36. The lowest BCUT2D eigenvalue weighted by molar-refractivity contribution is 0.321. The molecule has 2 nitrogen and oxygen atoms in total. The van der Waals surface area contributed by atoms with Crippen LogP contribution >= 0.6 is 11.6 Å². The molecule has 3 heteroatoms. The predicted octanol–water partition coefficient (Wildman–Crippen LogP) is 2.52. The monoisotopic (exact) mass is 238 g/mol. The molecular weight excluding hydrogens is 220 g/mol. The number of likely N-dealkylation sites (N-methyl/N-ethyl adjacent to an activating group) is 1. The van der Waals surface area contributed by atoms with Crippen LogP contribution in [0.1, 0.15) is 18.9 Å². The first-order valence-electron chi connectivity index (χ1n) is 5.98. The predicted molar refractivity (Wildman–Crippen MR) is 68.8 cm³/mol. The Hall–Kier alpha value is -0.570. The fourth-order valence-electron chi connectivity index (χ4n) is 2.33. The summed E-state index contributed by atoms with van der Waals surface area (Å²) in [6.45, 7) is 6.59. The van der Waals surface area contributed by atoms with E-state index in [1.54, 1.807) is 0 Å². The first kappa shape index (κ1) is 11.9. The molecule has 0 bridgehead atoms. The molecule has 0 saturated carbocycles. The van der Waals surface area contributed by atoms with Gasteiger partial charge in [0.25, 0.3) is 0 Å². The van der Waals surface area contributed by atoms with Gasteiger partial charge in [0, 0.05) is 30.7 Å². The topological polar surface area (TPSA) is 15.3 Å². The molecule has 1 saturated heterocycles. The summed E-state index contributed by atoms with van der Waals surface area (Å²) in [7, 11) is 0. The third-order valence-electron chi connectivity index (χ3n) is 3.06. The fraction of sp³-hybridized carbons (Fsp3) is 0.538. The van der Waals surface area contributed by atoms with Gasteiger partial charge in [-0.25, -0.2) is 0 Å². The van der Waals surface area contributed by atoms with Crippen molar-refractivity contribution in [1.82, 2.24) is 10.2 Å². The van der Waals surface area contributed by atoms with Crippen molar-refractivity contribution in [3.05, 3.63) is 34.9 Å². The van der Waals surface area contributed by atoms with Crippen LogP contribution in [0.5, 0.6) is 0 Å². The van der Waals surface area contributed by atoms with Crippen molar-refractivity contribution >= 4 is 11.6 Å². The highest BCUT2D eigenvalue weighted by Gasteiger charge is 2.21. The summed E-state index contributed by atoms with van der Waals surface area (Å²) in [6.07, 6.45) is 1.26. The summed E-state index contributed by atoms with van der Waals surface area (Å²) in [5.41, 5.74) is 1.31. The second kappa shape index (κ2) is 5.67. The number of hydrogen-bond acceptors (Lipinski definition) is 2. The molecule has 1 aromatic carbocycles. The van der Waals surface area contributed by atoms with Crippen LogP contribution < -0.4 is 5.32 Å². The van der Waals surface area contributed by atoms with Gasteiger partial charge in [-0.15, -0.1) is 0 Å². The minimum atomic E-state index is 0.671. The molecule has 88 valence electrons. The maximum absolute atomic E-state index is 5.98. The van der Waals surface area contributed by atoms with Gasteiger partial charge < -0.3 is 5.32 Å². The zero-order valence-electron chi connectivity index (χ0n) is 9.75. The first-order chi connectivity index (χ1) is 7.78. The van der Waals surface area contributed by atoms with E-state index in [1.807, 2.05) is 12.1 Å². The van der Waals surface area contributed by atoms with Gasteiger partial charge in [0.05, 0.1) is 0 Å². The summed E-state index contributed by atoms with van der Waals surface area (Å²) in [5, 5.41) is 4.34. The Morgan fingerprint density at radius 1 is 1.50 bits per heavy atom. The van der Waals surface area contributed by atoms with Crippen LogP contribution in [0.25, 0.3) is 0 Å². The third-order valence-corrected chi connectivity index (χ3v) is 3.30. The number of halogens is 1. The van der Waals surface area contributed by atoms with Crippen molar-refractivity contribution < 1.29 is 0 Å². The molecule has 1 aromatic rings. The molecular formula is C13H19ClN2. The summed E-state index contributed by atoms with van der Waals surface area (Å²) in [6, 6.07) is 8.82. The fourth-order valence-corrected chi connectivity index (χ4v) is 2.54. The van der Waals surface area contributed by atoms with E-state index < -0.39 is 0 Å². The molecule has 16 heavy (non-hydrogen) atoms. The highest BCUT2D eigenvalue weighted by molar-refractivity contribution is 6.30. The molecule has 0 spiro atoms. The highest BCUT2D eigenvalue weighted by Crippen LogP contribution is 2.16. The maximum Gasteiger partial charge on any atom is 0.0409 e. The molecule has 0 aliphatic carbocycles. The quantitative estimate of drug-likeness (QED) is 0.867. The van der Waals surface area contributed by atoms with Crippen molar-refractivity contribution in [2.45, 2.75) is 25.9 Å². The Morgan fingerprint density at radius 2 is 2.38 bits per heavy atom. The average molecular weight is 239 g/mol. The van der Waals surface area contributed by atoms with Gasteiger partial charge in [-0.05, 0) is 30.7 Å². The number of hydrogen-bond donors (Lipinski definition) is 1. The number of benzene rings is 1. The molecule has 1 aliphatic rings. The summed E-state index contributed by atoms with van der Waals surface area (Å²) in [5.74, 6) is 0. The van der Waals surface area contributed by atoms with E-state index in [0.717, 1.165) is 24.7 Å². The van der Waals surface area contributed by atoms with Gasteiger partial charge in [-0.2, -0.15) is 0 Å². The Morgan fingerprint density at radius 3 is 3.12 bits per heavy atom. The van der Waals surface area contributed by atoms with Crippen LogP contribution in [-0.2, 0) is 6.54 Å². The minimum Gasteiger partial charge on any atom is -0.313 e. The number of nitrogens with zero attached hydrogens (tertiary/aromatic N) is 1. The molecule has 1 fully saturated rings. The van der Waals surface area contributed by atoms with Crippen molar-refractivity contribution in [3.8, 4) is 0 Å². The molecule has 0 amide bonds. The number of nitrogens with one attached hydrogen (secondary N) is 1. The van der Waals surface area contributed by atoms with E-state index in [2.05, 4.69) is 29.3 Å². The SMILES string of the molecule is CCNC1CCN(Cc2cccc(Cl)c2)C1. The van der Waals surface area contributed by atoms with Gasteiger partial charge in [0.2, 0.25) is 0 Å². The van der Waals surface area contributed by atoms with Crippen molar-refractivity contribution in [3.63, 3.8) is 0 Å². The zero-order chi connectivity index (χ0) is 11.4. The molecule has 1 heterocycles. The molecule has 0 radical (unpaired) electrons. The Labute approximate surface area is 103 Å². The van der Waals surface area contributed by atoms with Crippen molar-refractivity contribution in [1.29, 1.82) is 0 Å². The van der Waals surface area contributed by atoms with Crippen LogP contribution in [0.4, 0.5) is 0 Å². The summed E-state index contributed by atoms with van der Waals surface area (Å²) in [4.78, 5) is 2.49. The van der Waals surface area contributed by atoms with Crippen molar-refractivity contribution in [2.75, 3.05) is 19.6 Å². The smallest absolute Gasteiger partial charge is 0.0409 e. The van der Waals surface area contributed by atoms with E-state index in [0.29, 0.717) is 6.04 Å². The zero-order valence-corrected chi connectivity index (χ0v) is 10.5. The van der Waals surface area contributed by atoms with Gasteiger partial charge in [-0.3, -0.25) is 4.90 Å². The molecule has 1 atom stereocenters. The van der Waals surface area contributed by atoms with Crippen LogP contribution in [0, 0.1) is 0 Å². The standard InChI is InChI=1S/C13H19ClN2/c1-2-15-13-6-7-16(10-13)9-11-4-3-5-12(14)8-11/h3-5,8,13,15H,2,6-7,9-10H2,1H3. The summed E-state index contributed by atoms with van der Waals surface area (Å²) < 4.78 is 0. The van der Waals surface area contributed by atoms with E-state index in [-0.39, 0.29) is 0 Å². The van der Waals surface area contributed by atoms with E-state index >= 15 is 0 Å². The van der Waals surface area contributed by atoms with Crippen LogP contribution in [0.2, 0.25) is 5.02 Å². The largest absolute Gasteiger partial charge is 0.313 e. The Kier molecular flexibility index (Phi) is 4.22. The average Bonchev–Trinajstić information content (AvgIpc) is 2.66.